The number of nitrogens with one attached hydrogen (secondary N) is 1. The molecule has 1 amide bonds. The predicted octanol–water partition coefficient (Wildman–Crippen LogP) is 1.70. The van der Waals surface area contributed by atoms with E-state index < -0.39 is 0 Å². The molecular formula is C17H27N3O. The topological polar surface area (TPSA) is 58.4 Å². The number of rotatable bonds is 5. The number of carbonyl (C=O) groups is 1. The molecule has 1 saturated heterocycles. The van der Waals surface area contributed by atoms with Crippen LogP contribution in [0, 0.1) is 19.8 Å². The van der Waals surface area contributed by atoms with Crippen LogP contribution >= 0.6 is 0 Å². The molecule has 0 aliphatic carbocycles. The number of piperidine rings is 1. The Bertz CT molecular complexity index is 459. The Kier molecular flexibility index (Phi) is 5.76. The lowest BCUT2D eigenvalue weighted by Crippen LogP contribution is -2.40. The van der Waals surface area contributed by atoms with Crippen LogP contribution in [-0.2, 0) is 0 Å². The van der Waals surface area contributed by atoms with Crippen molar-refractivity contribution < 1.29 is 4.79 Å². The van der Waals surface area contributed by atoms with Gasteiger partial charge in [0, 0.05) is 25.2 Å². The summed E-state index contributed by atoms with van der Waals surface area (Å²) >= 11 is 0. The summed E-state index contributed by atoms with van der Waals surface area (Å²) in [5.41, 5.74) is 8.62. The van der Waals surface area contributed by atoms with Crippen LogP contribution < -0.4 is 11.1 Å². The molecule has 1 aliphatic rings. The van der Waals surface area contributed by atoms with Crippen molar-refractivity contribution in [2.75, 3.05) is 32.7 Å². The van der Waals surface area contributed by atoms with Gasteiger partial charge >= 0.3 is 0 Å². The quantitative estimate of drug-likeness (QED) is 0.867. The standard InChI is InChI=1S/C17H27N3O/c1-13-9-14(2)11-16(10-13)17(21)19-12-15-3-6-20(7-4-15)8-5-18/h9-11,15H,3-8,12,18H2,1-2H3,(H,19,21). The molecule has 0 radical (unpaired) electrons. The molecule has 21 heavy (non-hydrogen) atoms. The van der Waals surface area contributed by atoms with Crippen LogP contribution in [-0.4, -0.2) is 43.5 Å². The number of likely N-dealkylation sites (tertiary alicyclic amines) is 1. The van der Waals surface area contributed by atoms with Crippen LogP contribution in [0.15, 0.2) is 18.2 Å². The molecule has 2 rings (SSSR count). The fourth-order valence-electron chi connectivity index (χ4n) is 3.04. The van der Waals surface area contributed by atoms with Crippen LogP contribution in [0.5, 0.6) is 0 Å². The number of nitrogens with two attached hydrogens (primary N) is 1. The molecule has 0 unspecified atom stereocenters. The van der Waals surface area contributed by atoms with E-state index in [1.807, 2.05) is 26.0 Å². The van der Waals surface area contributed by atoms with Crippen LogP contribution in [0.2, 0.25) is 0 Å². The molecule has 1 aromatic rings. The maximum Gasteiger partial charge on any atom is 0.251 e. The summed E-state index contributed by atoms with van der Waals surface area (Å²) in [5, 5.41) is 3.09. The van der Waals surface area contributed by atoms with Crippen molar-refractivity contribution in [3.8, 4) is 0 Å². The number of benzene rings is 1. The molecule has 1 fully saturated rings. The molecule has 0 spiro atoms. The second-order valence-corrected chi connectivity index (χ2v) is 6.16. The van der Waals surface area contributed by atoms with Crippen molar-refractivity contribution in [1.29, 1.82) is 0 Å². The highest BCUT2D eigenvalue weighted by molar-refractivity contribution is 5.94. The van der Waals surface area contributed by atoms with Gasteiger partial charge in [0.2, 0.25) is 0 Å². The normalized spacial score (nSPS) is 16.9. The van der Waals surface area contributed by atoms with Gasteiger partial charge in [-0.25, -0.2) is 0 Å². The van der Waals surface area contributed by atoms with Crippen LogP contribution in [0.4, 0.5) is 0 Å². The van der Waals surface area contributed by atoms with Gasteiger partial charge in [-0.3, -0.25) is 4.79 Å². The molecule has 4 nitrogen and oxygen atoms in total. The molecule has 1 heterocycles. The number of hydrogen-bond acceptors (Lipinski definition) is 3. The lowest BCUT2D eigenvalue weighted by Gasteiger charge is -2.31. The summed E-state index contributed by atoms with van der Waals surface area (Å²) in [6.07, 6.45) is 2.29. The van der Waals surface area contributed by atoms with Gasteiger partial charge in [-0.05, 0) is 57.8 Å². The fraction of sp³-hybridized carbons (Fsp3) is 0.588. The second-order valence-electron chi connectivity index (χ2n) is 6.16. The van der Waals surface area contributed by atoms with Crippen molar-refractivity contribution in [2.45, 2.75) is 26.7 Å². The summed E-state index contributed by atoms with van der Waals surface area (Å²) < 4.78 is 0. The van der Waals surface area contributed by atoms with Gasteiger partial charge < -0.3 is 16.0 Å². The van der Waals surface area contributed by atoms with Crippen LogP contribution in [0.3, 0.4) is 0 Å². The first-order chi connectivity index (χ1) is 10.1. The third kappa shape index (κ3) is 4.83. The minimum absolute atomic E-state index is 0.0474. The zero-order chi connectivity index (χ0) is 15.2. The molecule has 0 atom stereocenters. The minimum atomic E-state index is 0.0474. The van der Waals surface area contributed by atoms with Gasteiger partial charge in [0.1, 0.15) is 0 Å². The number of aryl methyl sites for hydroxylation is 2. The molecular weight excluding hydrogens is 262 g/mol. The molecule has 3 N–H and O–H groups in total. The first-order valence-corrected chi connectivity index (χ1v) is 7.87. The van der Waals surface area contributed by atoms with Gasteiger partial charge in [-0.15, -0.1) is 0 Å². The third-order valence-electron chi connectivity index (χ3n) is 4.19. The van der Waals surface area contributed by atoms with Crippen molar-refractivity contribution >= 4 is 5.91 Å². The Morgan fingerprint density at radius 3 is 2.43 bits per heavy atom. The highest BCUT2D eigenvalue weighted by atomic mass is 16.1. The fourth-order valence-corrected chi connectivity index (χ4v) is 3.04. The van der Waals surface area contributed by atoms with E-state index in [2.05, 4.69) is 16.3 Å². The smallest absolute Gasteiger partial charge is 0.251 e. The van der Waals surface area contributed by atoms with Gasteiger partial charge in [0.05, 0.1) is 0 Å². The van der Waals surface area contributed by atoms with E-state index in [1.54, 1.807) is 0 Å². The number of amides is 1. The first-order valence-electron chi connectivity index (χ1n) is 7.87. The van der Waals surface area contributed by atoms with E-state index in [0.717, 1.165) is 62.3 Å². The van der Waals surface area contributed by atoms with E-state index in [4.69, 9.17) is 5.73 Å². The number of nitrogens with zero attached hydrogens (tertiary/aromatic N) is 1. The van der Waals surface area contributed by atoms with Gasteiger partial charge in [0.25, 0.3) is 5.91 Å². The van der Waals surface area contributed by atoms with E-state index >= 15 is 0 Å². The lowest BCUT2D eigenvalue weighted by molar-refractivity contribution is 0.0936. The second kappa shape index (κ2) is 7.57. The minimum Gasteiger partial charge on any atom is -0.352 e. The summed E-state index contributed by atoms with van der Waals surface area (Å²) in [6.45, 7) is 8.74. The average Bonchev–Trinajstić information content (AvgIpc) is 2.45. The maximum absolute atomic E-state index is 12.2. The Morgan fingerprint density at radius 2 is 1.86 bits per heavy atom. The highest BCUT2D eigenvalue weighted by Gasteiger charge is 2.19. The van der Waals surface area contributed by atoms with Gasteiger partial charge in [-0.2, -0.15) is 0 Å². The molecule has 0 aromatic heterocycles. The molecule has 1 aromatic carbocycles. The molecule has 0 saturated carbocycles. The first kappa shape index (κ1) is 16.0. The van der Waals surface area contributed by atoms with Gasteiger partial charge in [0.15, 0.2) is 0 Å². The lowest BCUT2D eigenvalue weighted by atomic mass is 9.96. The number of hydrogen-bond donors (Lipinski definition) is 2. The highest BCUT2D eigenvalue weighted by Crippen LogP contribution is 2.16. The third-order valence-corrected chi connectivity index (χ3v) is 4.19. The molecule has 0 bridgehead atoms. The monoisotopic (exact) mass is 289 g/mol. The summed E-state index contributed by atoms with van der Waals surface area (Å²) in [6, 6.07) is 5.99. The number of carbonyl (C=O) groups excluding carboxylic acids is 1. The zero-order valence-corrected chi connectivity index (χ0v) is 13.2. The van der Waals surface area contributed by atoms with E-state index in [0.29, 0.717) is 5.92 Å². The van der Waals surface area contributed by atoms with Crippen molar-refractivity contribution in [3.05, 3.63) is 34.9 Å². The molecule has 116 valence electrons. The van der Waals surface area contributed by atoms with Crippen molar-refractivity contribution in [1.82, 2.24) is 10.2 Å². The van der Waals surface area contributed by atoms with Crippen molar-refractivity contribution in [2.24, 2.45) is 11.7 Å². The largest absolute Gasteiger partial charge is 0.352 e. The Morgan fingerprint density at radius 1 is 1.24 bits per heavy atom. The van der Waals surface area contributed by atoms with E-state index in [1.165, 1.54) is 0 Å². The molecule has 4 heteroatoms. The van der Waals surface area contributed by atoms with Crippen LogP contribution in [0.25, 0.3) is 0 Å². The van der Waals surface area contributed by atoms with Crippen LogP contribution in [0.1, 0.15) is 34.3 Å². The Balaban J connectivity index is 1.79. The predicted molar refractivity (Wildman–Crippen MR) is 86.5 cm³/mol. The average molecular weight is 289 g/mol. The Hall–Kier alpha value is -1.39. The SMILES string of the molecule is Cc1cc(C)cc(C(=O)NCC2CCN(CCN)CC2)c1. The van der Waals surface area contributed by atoms with Gasteiger partial charge in [-0.1, -0.05) is 17.2 Å². The molecule has 1 aliphatic heterocycles. The van der Waals surface area contributed by atoms with Crippen molar-refractivity contribution in [3.63, 3.8) is 0 Å². The summed E-state index contributed by atoms with van der Waals surface area (Å²) in [7, 11) is 0. The zero-order valence-electron chi connectivity index (χ0n) is 13.2. The van der Waals surface area contributed by atoms with E-state index in [-0.39, 0.29) is 5.91 Å². The Labute approximate surface area is 127 Å². The summed E-state index contributed by atoms with van der Waals surface area (Å²) in [5.74, 6) is 0.639. The van der Waals surface area contributed by atoms with E-state index in [9.17, 15) is 4.79 Å². The maximum atomic E-state index is 12.2. The summed E-state index contributed by atoms with van der Waals surface area (Å²) in [4.78, 5) is 14.6.